The van der Waals surface area contributed by atoms with Crippen LogP contribution in [0.2, 0.25) is 0 Å². The van der Waals surface area contributed by atoms with Crippen molar-refractivity contribution in [2.75, 3.05) is 27.3 Å². The number of amides is 1. The Kier molecular flexibility index (Phi) is 4.99. The van der Waals surface area contributed by atoms with E-state index >= 15 is 0 Å². The number of rotatable bonds is 4. The van der Waals surface area contributed by atoms with E-state index in [4.69, 9.17) is 14.5 Å². The number of methoxy groups -OCH3 is 2. The number of hydrogen-bond acceptors (Lipinski definition) is 5. The molecule has 27 heavy (non-hydrogen) atoms. The van der Waals surface area contributed by atoms with Gasteiger partial charge in [-0.2, -0.15) is 0 Å². The number of piperidine rings is 1. The van der Waals surface area contributed by atoms with Crippen molar-refractivity contribution in [3.63, 3.8) is 0 Å². The van der Waals surface area contributed by atoms with Gasteiger partial charge in [-0.25, -0.2) is 4.98 Å². The van der Waals surface area contributed by atoms with Crippen LogP contribution in [0.25, 0.3) is 10.2 Å². The molecular formula is C21H22N2O3S. The molecular weight excluding hydrogens is 360 g/mol. The van der Waals surface area contributed by atoms with Crippen molar-refractivity contribution in [2.24, 2.45) is 0 Å². The maximum Gasteiger partial charge on any atom is 0.257 e. The van der Waals surface area contributed by atoms with E-state index < -0.39 is 0 Å². The SMILES string of the molecule is COc1ccc(OC)c(C(=O)N2CCC[C@@H](c3nc4ccccc4s3)C2)c1. The third-order valence-corrected chi connectivity index (χ3v) is 6.20. The Labute approximate surface area is 162 Å². The van der Waals surface area contributed by atoms with E-state index in [0.29, 0.717) is 23.6 Å². The smallest absolute Gasteiger partial charge is 0.257 e. The van der Waals surface area contributed by atoms with Crippen molar-refractivity contribution in [1.29, 1.82) is 0 Å². The van der Waals surface area contributed by atoms with Gasteiger partial charge in [-0.15, -0.1) is 11.3 Å². The van der Waals surface area contributed by atoms with Crippen LogP contribution in [0, 0.1) is 0 Å². The van der Waals surface area contributed by atoms with Crippen LogP contribution >= 0.6 is 11.3 Å². The first-order chi connectivity index (χ1) is 13.2. The molecule has 2 heterocycles. The zero-order valence-electron chi connectivity index (χ0n) is 15.5. The summed E-state index contributed by atoms with van der Waals surface area (Å²) in [5, 5.41) is 1.12. The second-order valence-corrected chi connectivity index (χ2v) is 7.74. The molecule has 0 bridgehead atoms. The van der Waals surface area contributed by atoms with Crippen molar-refractivity contribution < 1.29 is 14.3 Å². The highest BCUT2D eigenvalue weighted by atomic mass is 32.1. The van der Waals surface area contributed by atoms with Gasteiger partial charge in [0, 0.05) is 19.0 Å². The number of hydrogen-bond donors (Lipinski definition) is 0. The highest BCUT2D eigenvalue weighted by molar-refractivity contribution is 7.18. The Morgan fingerprint density at radius 1 is 1.19 bits per heavy atom. The molecule has 6 heteroatoms. The van der Waals surface area contributed by atoms with E-state index in [1.807, 2.05) is 23.1 Å². The summed E-state index contributed by atoms with van der Waals surface area (Å²) in [6.45, 7) is 1.43. The number of carbonyl (C=O) groups excluding carboxylic acids is 1. The lowest BCUT2D eigenvalue weighted by Gasteiger charge is -2.32. The van der Waals surface area contributed by atoms with Gasteiger partial charge in [-0.1, -0.05) is 12.1 Å². The number of nitrogens with zero attached hydrogens (tertiary/aromatic N) is 2. The van der Waals surface area contributed by atoms with Crippen molar-refractivity contribution in [1.82, 2.24) is 9.88 Å². The largest absolute Gasteiger partial charge is 0.497 e. The number of fused-ring (bicyclic) bond motifs is 1. The van der Waals surface area contributed by atoms with Crippen LogP contribution in [-0.2, 0) is 0 Å². The van der Waals surface area contributed by atoms with E-state index in [9.17, 15) is 4.79 Å². The zero-order chi connectivity index (χ0) is 18.8. The van der Waals surface area contributed by atoms with Crippen molar-refractivity contribution in [3.05, 3.63) is 53.0 Å². The fourth-order valence-electron chi connectivity index (χ4n) is 3.58. The predicted molar refractivity (Wildman–Crippen MR) is 107 cm³/mol. The van der Waals surface area contributed by atoms with Crippen LogP contribution in [0.5, 0.6) is 11.5 Å². The molecule has 140 valence electrons. The summed E-state index contributed by atoms with van der Waals surface area (Å²) in [5.74, 6) is 1.48. The third kappa shape index (κ3) is 3.49. The van der Waals surface area contributed by atoms with E-state index in [-0.39, 0.29) is 11.8 Å². The minimum Gasteiger partial charge on any atom is -0.497 e. The number of carbonyl (C=O) groups is 1. The molecule has 1 aliphatic heterocycles. The molecule has 1 saturated heterocycles. The molecule has 2 aromatic carbocycles. The van der Waals surface area contributed by atoms with Crippen LogP contribution in [-0.4, -0.2) is 43.1 Å². The van der Waals surface area contributed by atoms with Gasteiger partial charge < -0.3 is 14.4 Å². The van der Waals surface area contributed by atoms with Gasteiger partial charge in [-0.3, -0.25) is 4.79 Å². The van der Waals surface area contributed by atoms with E-state index in [2.05, 4.69) is 6.07 Å². The normalized spacial score (nSPS) is 17.1. The number of para-hydroxylation sites is 1. The lowest BCUT2D eigenvalue weighted by molar-refractivity contribution is 0.0703. The van der Waals surface area contributed by atoms with Gasteiger partial charge in [0.05, 0.1) is 35.0 Å². The molecule has 5 nitrogen and oxygen atoms in total. The molecule has 0 unspecified atom stereocenters. The van der Waals surface area contributed by atoms with Gasteiger partial charge in [0.1, 0.15) is 11.5 Å². The predicted octanol–water partition coefficient (Wildman–Crippen LogP) is 4.33. The first-order valence-electron chi connectivity index (χ1n) is 9.06. The van der Waals surface area contributed by atoms with E-state index in [0.717, 1.165) is 29.9 Å². The minimum atomic E-state index is -0.0171. The quantitative estimate of drug-likeness (QED) is 0.674. The highest BCUT2D eigenvalue weighted by Crippen LogP contribution is 2.34. The minimum absolute atomic E-state index is 0.0171. The fraction of sp³-hybridized carbons (Fsp3) is 0.333. The summed E-state index contributed by atoms with van der Waals surface area (Å²) < 4.78 is 11.9. The fourth-order valence-corrected chi connectivity index (χ4v) is 4.67. The second-order valence-electron chi connectivity index (χ2n) is 6.68. The first kappa shape index (κ1) is 17.8. The van der Waals surface area contributed by atoms with Gasteiger partial charge in [-0.05, 0) is 43.2 Å². The van der Waals surface area contributed by atoms with Crippen molar-refractivity contribution in [3.8, 4) is 11.5 Å². The van der Waals surface area contributed by atoms with Gasteiger partial charge in [0.25, 0.3) is 5.91 Å². The third-order valence-electron chi connectivity index (χ3n) is 5.01. The van der Waals surface area contributed by atoms with Crippen LogP contribution < -0.4 is 9.47 Å². The summed E-state index contributed by atoms with van der Waals surface area (Å²) in [4.78, 5) is 19.9. The molecule has 1 aliphatic rings. The second kappa shape index (κ2) is 7.56. The van der Waals surface area contributed by atoms with Crippen LogP contribution in [0.4, 0.5) is 0 Å². The molecule has 0 saturated carbocycles. The van der Waals surface area contributed by atoms with E-state index in [1.54, 1.807) is 43.8 Å². The Morgan fingerprint density at radius 2 is 2.04 bits per heavy atom. The number of thiazole rings is 1. The van der Waals surface area contributed by atoms with Crippen LogP contribution in [0.3, 0.4) is 0 Å². The summed E-state index contributed by atoms with van der Waals surface area (Å²) in [6.07, 6.45) is 2.03. The monoisotopic (exact) mass is 382 g/mol. The molecule has 1 aromatic heterocycles. The summed E-state index contributed by atoms with van der Waals surface area (Å²) in [7, 11) is 3.18. The molecule has 4 rings (SSSR count). The number of benzene rings is 2. The molecule has 0 aliphatic carbocycles. The van der Waals surface area contributed by atoms with Crippen molar-refractivity contribution in [2.45, 2.75) is 18.8 Å². The molecule has 0 spiro atoms. The molecule has 0 N–H and O–H groups in total. The lowest BCUT2D eigenvalue weighted by atomic mass is 9.98. The first-order valence-corrected chi connectivity index (χ1v) is 9.88. The Balaban J connectivity index is 1.58. The molecule has 3 aromatic rings. The number of likely N-dealkylation sites (tertiary alicyclic amines) is 1. The summed E-state index contributed by atoms with van der Waals surface area (Å²) in [6, 6.07) is 13.5. The maximum absolute atomic E-state index is 13.2. The lowest BCUT2D eigenvalue weighted by Crippen LogP contribution is -2.39. The molecule has 0 radical (unpaired) electrons. The van der Waals surface area contributed by atoms with Gasteiger partial charge in [0.15, 0.2) is 0 Å². The molecule has 1 amide bonds. The van der Waals surface area contributed by atoms with Crippen LogP contribution in [0.1, 0.15) is 34.1 Å². The molecule has 1 atom stereocenters. The average Bonchev–Trinajstić information content (AvgIpc) is 3.17. The Bertz CT molecular complexity index is 936. The highest BCUT2D eigenvalue weighted by Gasteiger charge is 2.29. The van der Waals surface area contributed by atoms with Gasteiger partial charge >= 0.3 is 0 Å². The maximum atomic E-state index is 13.2. The standard InChI is InChI=1S/C21H22N2O3S/c1-25-15-9-10-18(26-2)16(12-15)21(24)23-11-5-6-14(13-23)20-22-17-7-3-4-8-19(17)27-20/h3-4,7-10,12,14H,5-6,11,13H2,1-2H3/t14-/m1/s1. The zero-order valence-corrected chi connectivity index (χ0v) is 16.3. The average molecular weight is 382 g/mol. The summed E-state index contributed by atoms with van der Waals surface area (Å²) >= 11 is 1.73. The van der Waals surface area contributed by atoms with Crippen LogP contribution in [0.15, 0.2) is 42.5 Å². The topological polar surface area (TPSA) is 51.7 Å². The number of aromatic nitrogens is 1. The number of ether oxygens (including phenoxy) is 2. The molecule has 1 fully saturated rings. The van der Waals surface area contributed by atoms with Crippen molar-refractivity contribution >= 4 is 27.5 Å². The Hall–Kier alpha value is -2.60. The Morgan fingerprint density at radius 3 is 2.81 bits per heavy atom. The summed E-state index contributed by atoms with van der Waals surface area (Å²) in [5.41, 5.74) is 1.58. The van der Waals surface area contributed by atoms with Gasteiger partial charge in [0.2, 0.25) is 0 Å². The van der Waals surface area contributed by atoms with E-state index in [1.165, 1.54) is 4.70 Å².